The van der Waals surface area contributed by atoms with Gasteiger partial charge >= 0.3 is 0 Å². The average Bonchev–Trinajstić information content (AvgIpc) is 2.66. The standard InChI is InChI=1S/C15H23BrO2S/c1-2-18-15(8-5-3-4-6-9-15)14(17)11-13-12(16)7-10-19-13/h7,10,14,17H,2-6,8-9,11H2,1H3. The van der Waals surface area contributed by atoms with Crippen LogP contribution in [0.5, 0.6) is 0 Å². The highest BCUT2D eigenvalue weighted by Crippen LogP contribution is 2.36. The summed E-state index contributed by atoms with van der Waals surface area (Å²) in [5.41, 5.74) is -0.325. The SMILES string of the molecule is CCOC1(C(O)Cc2sccc2Br)CCCCCC1. The molecule has 1 unspecified atom stereocenters. The van der Waals surface area contributed by atoms with E-state index in [1.165, 1.54) is 30.6 Å². The molecule has 1 aliphatic rings. The van der Waals surface area contributed by atoms with Crippen molar-refractivity contribution in [2.75, 3.05) is 6.61 Å². The van der Waals surface area contributed by atoms with E-state index in [1.54, 1.807) is 11.3 Å². The normalized spacial score (nSPS) is 21.0. The summed E-state index contributed by atoms with van der Waals surface area (Å²) in [6.07, 6.45) is 7.15. The largest absolute Gasteiger partial charge is 0.390 e. The molecule has 0 bridgehead atoms. The molecule has 1 fully saturated rings. The van der Waals surface area contributed by atoms with E-state index in [0.717, 1.165) is 17.3 Å². The minimum atomic E-state index is -0.402. The molecule has 0 aromatic carbocycles. The minimum Gasteiger partial charge on any atom is -0.390 e. The first-order valence-electron chi connectivity index (χ1n) is 7.22. The van der Waals surface area contributed by atoms with Gasteiger partial charge in [0.25, 0.3) is 0 Å². The highest BCUT2D eigenvalue weighted by Gasteiger charge is 2.39. The summed E-state index contributed by atoms with van der Waals surface area (Å²) < 4.78 is 7.15. The van der Waals surface area contributed by atoms with E-state index in [0.29, 0.717) is 13.0 Å². The van der Waals surface area contributed by atoms with Crippen LogP contribution < -0.4 is 0 Å². The fraction of sp³-hybridized carbons (Fsp3) is 0.733. The fourth-order valence-electron chi connectivity index (χ4n) is 3.02. The summed E-state index contributed by atoms with van der Waals surface area (Å²) in [6, 6.07) is 2.05. The van der Waals surface area contributed by atoms with Gasteiger partial charge in [-0.15, -0.1) is 11.3 Å². The van der Waals surface area contributed by atoms with Gasteiger partial charge in [-0.05, 0) is 47.1 Å². The highest BCUT2D eigenvalue weighted by atomic mass is 79.9. The van der Waals surface area contributed by atoms with E-state index in [9.17, 15) is 5.11 Å². The molecule has 0 aliphatic heterocycles. The van der Waals surface area contributed by atoms with Gasteiger partial charge in [0.15, 0.2) is 0 Å². The molecule has 1 heterocycles. The van der Waals surface area contributed by atoms with Crippen LogP contribution in [0.4, 0.5) is 0 Å². The van der Waals surface area contributed by atoms with Crippen LogP contribution in [0, 0.1) is 0 Å². The molecule has 19 heavy (non-hydrogen) atoms. The predicted octanol–water partition coefficient (Wildman–Crippen LogP) is 4.54. The number of aliphatic hydroxyl groups is 1. The van der Waals surface area contributed by atoms with Crippen LogP contribution in [-0.4, -0.2) is 23.4 Å². The highest BCUT2D eigenvalue weighted by molar-refractivity contribution is 9.10. The average molecular weight is 347 g/mol. The molecular formula is C15H23BrO2S. The van der Waals surface area contributed by atoms with Gasteiger partial charge < -0.3 is 9.84 Å². The number of hydrogen-bond donors (Lipinski definition) is 1. The molecule has 1 aliphatic carbocycles. The van der Waals surface area contributed by atoms with Crippen LogP contribution in [-0.2, 0) is 11.2 Å². The van der Waals surface area contributed by atoms with E-state index in [2.05, 4.69) is 21.3 Å². The molecule has 1 N–H and O–H groups in total. The minimum absolute atomic E-state index is 0.325. The maximum atomic E-state index is 10.7. The number of hydrogen-bond acceptors (Lipinski definition) is 3. The Morgan fingerprint density at radius 1 is 1.37 bits per heavy atom. The van der Waals surface area contributed by atoms with Crippen molar-refractivity contribution in [1.29, 1.82) is 0 Å². The van der Waals surface area contributed by atoms with Gasteiger partial charge in [-0.2, -0.15) is 0 Å². The third kappa shape index (κ3) is 3.81. The zero-order chi connectivity index (χ0) is 13.7. The summed E-state index contributed by atoms with van der Waals surface area (Å²) in [4.78, 5) is 1.22. The lowest BCUT2D eigenvalue weighted by molar-refractivity contribution is -0.128. The van der Waals surface area contributed by atoms with E-state index in [1.807, 2.05) is 13.0 Å². The van der Waals surface area contributed by atoms with Crippen molar-refractivity contribution in [2.24, 2.45) is 0 Å². The maximum Gasteiger partial charge on any atom is 0.0943 e. The van der Waals surface area contributed by atoms with E-state index in [-0.39, 0.29) is 5.60 Å². The summed E-state index contributed by atoms with van der Waals surface area (Å²) >= 11 is 5.25. The summed E-state index contributed by atoms with van der Waals surface area (Å²) in [7, 11) is 0. The Hall–Kier alpha value is 0.100. The van der Waals surface area contributed by atoms with Gasteiger partial charge in [0.2, 0.25) is 0 Å². The van der Waals surface area contributed by atoms with Crippen LogP contribution in [0.15, 0.2) is 15.9 Å². The van der Waals surface area contributed by atoms with Gasteiger partial charge in [0.05, 0.1) is 11.7 Å². The van der Waals surface area contributed by atoms with Crippen molar-refractivity contribution < 1.29 is 9.84 Å². The number of ether oxygens (including phenoxy) is 1. The Balaban J connectivity index is 2.10. The van der Waals surface area contributed by atoms with Gasteiger partial charge in [-0.1, -0.05) is 25.7 Å². The second-order valence-electron chi connectivity index (χ2n) is 5.32. The summed E-state index contributed by atoms with van der Waals surface area (Å²) in [5, 5.41) is 12.8. The van der Waals surface area contributed by atoms with Crippen LogP contribution >= 0.6 is 27.3 Å². The molecular weight excluding hydrogens is 324 g/mol. The van der Waals surface area contributed by atoms with Crippen LogP contribution in [0.3, 0.4) is 0 Å². The molecule has 4 heteroatoms. The Kier molecular flexibility index (Phi) is 5.87. The molecule has 2 nitrogen and oxygen atoms in total. The van der Waals surface area contributed by atoms with Crippen molar-refractivity contribution in [2.45, 2.75) is 63.6 Å². The maximum absolute atomic E-state index is 10.7. The lowest BCUT2D eigenvalue weighted by atomic mass is 9.86. The smallest absolute Gasteiger partial charge is 0.0943 e. The monoisotopic (exact) mass is 346 g/mol. The first-order valence-corrected chi connectivity index (χ1v) is 8.89. The third-order valence-electron chi connectivity index (χ3n) is 4.06. The van der Waals surface area contributed by atoms with Crippen LogP contribution in [0.1, 0.15) is 50.3 Å². The van der Waals surface area contributed by atoms with Gasteiger partial charge in [0.1, 0.15) is 0 Å². The first kappa shape index (κ1) is 15.5. The van der Waals surface area contributed by atoms with Crippen molar-refractivity contribution in [3.05, 3.63) is 20.8 Å². The quantitative estimate of drug-likeness (QED) is 0.792. The molecule has 1 aromatic rings. The number of halogens is 1. The molecule has 108 valence electrons. The molecule has 2 rings (SSSR count). The summed E-state index contributed by atoms with van der Waals surface area (Å²) in [6.45, 7) is 2.71. The van der Waals surface area contributed by atoms with Crippen molar-refractivity contribution in [1.82, 2.24) is 0 Å². The molecule has 0 amide bonds. The number of thiophene rings is 1. The van der Waals surface area contributed by atoms with Crippen molar-refractivity contribution in [3.63, 3.8) is 0 Å². The second-order valence-corrected chi connectivity index (χ2v) is 7.18. The van der Waals surface area contributed by atoms with Crippen molar-refractivity contribution >= 4 is 27.3 Å². The predicted molar refractivity (Wildman–Crippen MR) is 83.8 cm³/mol. The van der Waals surface area contributed by atoms with E-state index < -0.39 is 6.10 Å². The molecule has 0 radical (unpaired) electrons. The Morgan fingerprint density at radius 3 is 2.58 bits per heavy atom. The topological polar surface area (TPSA) is 29.5 Å². The van der Waals surface area contributed by atoms with E-state index in [4.69, 9.17) is 4.74 Å². The Bertz CT molecular complexity index is 383. The molecule has 1 atom stereocenters. The van der Waals surface area contributed by atoms with Crippen molar-refractivity contribution in [3.8, 4) is 0 Å². The zero-order valence-corrected chi connectivity index (χ0v) is 13.9. The third-order valence-corrected chi connectivity index (χ3v) is 6.01. The number of rotatable bonds is 5. The zero-order valence-electron chi connectivity index (χ0n) is 11.5. The molecule has 1 saturated carbocycles. The molecule has 0 saturated heterocycles. The molecule has 1 aromatic heterocycles. The molecule has 0 spiro atoms. The fourth-order valence-corrected chi connectivity index (χ4v) is 4.57. The summed E-state index contributed by atoms with van der Waals surface area (Å²) in [5.74, 6) is 0. The Labute approximate surface area is 128 Å². The van der Waals surface area contributed by atoms with Crippen LogP contribution in [0.25, 0.3) is 0 Å². The van der Waals surface area contributed by atoms with Gasteiger partial charge in [-0.3, -0.25) is 0 Å². The van der Waals surface area contributed by atoms with E-state index >= 15 is 0 Å². The second kappa shape index (κ2) is 7.21. The first-order chi connectivity index (χ1) is 9.18. The Morgan fingerprint density at radius 2 is 2.05 bits per heavy atom. The number of aliphatic hydroxyl groups excluding tert-OH is 1. The van der Waals surface area contributed by atoms with Crippen LogP contribution in [0.2, 0.25) is 0 Å². The van der Waals surface area contributed by atoms with Gasteiger partial charge in [-0.25, -0.2) is 0 Å². The van der Waals surface area contributed by atoms with Gasteiger partial charge in [0, 0.05) is 22.4 Å². The lowest BCUT2D eigenvalue weighted by Crippen LogP contribution is -2.45. The lowest BCUT2D eigenvalue weighted by Gasteiger charge is -2.37.